The van der Waals surface area contributed by atoms with Crippen molar-refractivity contribution < 1.29 is 14.0 Å². The van der Waals surface area contributed by atoms with Gasteiger partial charge in [0.15, 0.2) is 0 Å². The van der Waals surface area contributed by atoms with Crippen LogP contribution < -0.4 is 15.8 Å². The molecule has 0 aromatic carbocycles. The van der Waals surface area contributed by atoms with Crippen molar-refractivity contribution in [3.63, 3.8) is 0 Å². The summed E-state index contributed by atoms with van der Waals surface area (Å²) in [6.07, 6.45) is 7.78. The van der Waals surface area contributed by atoms with Crippen molar-refractivity contribution in [2.75, 3.05) is 63.8 Å². The van der Waals surface area contributed by atoms with Crippen LogP contribution in [0, 0.1) is 5.92 Å². The van der Waals surface area contributed by atoms with Gasteiger partial charge in [0.25, 0.3) is 5.56 Å². The molecule has 11 heteroatoms. The maximum absolute atomic E-state index is 13.8. The third kappa shape index (κ3) is 9.68. The van der Waals surface area contributed by atoms with E-state index in [1.807, 2.05) is 19.2 Å². The van der Waals surface area contributed by atoms with Crippen LogP contribution in [-0.2, 0) is 21.4 Å². The smallest absolute Gasteiger partial charge is 0.251 e. The fourth-order valence-electron chi connectivity index (χ4n) is 8.29. The number of allylic oxidation sites excluding steroid dienone is 1. The van der Waals surface area contributed by atoms with Gasteiger partial charge < -0.3 is 20.0 Å². The van der Waals surface area contributed by atoms with Crippen LogP contribution >= 0.6 is 0 Å². The standard InChI is InChI=1S/C39H60FN7O3/c1-7-33(41-14-8-9-29(4)49)22-44-15-16-45(28(3)21-44)23-34-19-42-27(2)20-46(34)24-35(25-48)47-26-39(5,6)37-36(47)18-31(38(50)43-37)17-30-10-12-32(40)13-11-30/h7,14,18,27-28,30,32,34,42H,8-13,15-17,19-24,26H2,1-6H3,(H,43,50)/b33-7-,41-14?/t27-,28-,30?,32?,34-/m1/s1. The Morgan fingerprint density at radius 2 is 1.88 bits per heavy atom. The van der Waals surface area contributed by atoms with Gasteiger partial charge in [-0.1, -0.05) is 19.9 Å². The van der Waals surface area contributed by atoms with Gasteiger partial charge in [0.05, 0.1) is 12.2 Å². The van der Waals surface area contributed by atoms with Gasteiger partial charge in [0.2, 0.25) is 0 Å². The number of carbonyl (C=O) groups excluding carboxylic acids is 2. The Morgan fingerprint density at radius 1 is 1.12 bits per heavy atom. The Hall–Kier alpha value is -2.95. The summed E-state index contributed by atoms with van der Waals surface area (Å²) in [6.45, 7) is 19.7. The summed E-state index contributed by atoms with van der Waals surface area (Å²) in [5.74, 6) is 2.82. The van der Waals surface area contributed by atoms with Gasteiger partial charge in [-0.3, -0.25) is 24.5 Å². The lowest BCUT2D eigenvalue weighted by molar-refractivity contribution is -0.116. The topological polar surface area (TPSA) is 104 Å². The molecule has 50 heavy (non-hydrogen) atoms. The van der Waals surface area contributed by atoms with Gasteiger partial charge in [-0.05, 0) is 78.2 Å². The summed E-state index contributed by atoms with van der Waals surface area (Å²) in [6, 6.07) is 2.89. The van der Waals surface area contributed by atoms with E-state index in [1.165, 1.54) is 0 Å². The largest absolute Gasteiger partial charge is 0.332 e. The highest BCUT2D eigenvalue weighted by atomic mass is 19.1. The van der Waals surface area contributed by atoms with Crippen molar-refractivity contribution in [2.24, 2.45) is 10.9 Å². The van der Waals surface area contributed by atoms with E-state index in [0.29, 0.717) is 68.9 Å². The molecule has 276 valence electrons. The predicted octanol–water partition coefficient (Wildman–Crippen LogP) is 4.27. The highest BCUT2D eigenvalue weighted by Gasteiger charge is 2.40. The lowest BCUT2D eigenvalue weighted by Gasteiger charge is -2.46. The highest BCUT2D eigenvalue weighted by molar-refractivity contribution is 5.78. The number of anilines is 1. The molecule has 4 heterocycles. The molecule has 1 aliphatic carbocycles. The number of aliphatic imine (C=N–C) groups is 1. The molecule has 3 atom stereocenters. The zero-order valence-corrected chi connectivity index (χ0v) is 31.3. The number of aromatic amines is 1. The van der Waals surface area contributed by atoms with E-state index in [-0.39, 0.29) is 22.8 Å². The Balaban J connectivity index is 1.24. The number of H-pyrrole nitrogens is 1. The number of carbonyl (C=O) groups is 1. The van der Waals surface area contributed by atoms with Crippen LogP contribution in [0.2, 0.25) is 0 Å². The Morgan fingerprint density at radius 3 is 2.56 bits per heavy atom. The van der Waals surface area contributed by atoms with E-state index in [9.17, 15) is 18.8 Å². The SMILES string of the molecule is C/C=C(/CN1CCN(C[C@H]2CN[C@H](C)CN2CC(=C=O)N2CC(C)(C)c3[nH]c(=O)c(CC4CCC(F)CC4)cc32)[C@H](C)C1)N=CCCC(C)=O. The first-order chi connectivity index (χ1) is 23.9. The second-order valence-corrected chi connectivity index (χ2v) is 16.0. The first kappa shape index (κ1) is 38.3. The van der Waals surface area contributed by atoms with Gasteiger partial charge in [0.1, 0.15) is 23.6 Å². The van der Waals surface area contributed by atoms with Gasteiger partial charge in [-0.15, -0.1) is 0 Å². The molecule has 0 unspecified atom stereocenters. The minimum absolute atomic E-state index is 0.0674. The van der Waals surface area contributed by atoms with E-state index in [1.54, 1.807) is 6.92 Å². The molecule has 3 fully saturated rings. The third-order valence-electron chi connectivity index (χ3n) is 11.3. The van der Waals surface area contributed by atoms with Crippen molar-refractivity contribution in [3.8, 4) is 0 Å². The van der Waals surface area contributed by atoms with Gasteiger partial charge in [-0.25, -0.2) is 9.18 Å². The summed E-state index contributed by atoms with van der Waals surface area (Å²) in [4.78, 5) is 54.7. The van der Waals surface area contributed by atoms with Crippen LogP contribution in [0.3, 0.4) is 0 Å². The van der Waals surface area contributed by atoms with Gasteiger partial charge >= 0.3 is 0 Å². The van der Waals surface area contributed by atoms with E-state index < -0.39 is 6.17 Å². The number of aromatic nitrogens is 1. The molecular formula is C39H60FN7O3. The number of fused-ring (bicyclic) bond motifs is 1. The molecule has 0 bridgehead atoms. The fraction of sp³-hybridized carbons (Fsp3) is 0.718. The van der Waals surface area contributed by atoms with Crippen LogP contribution in [0.15, 0.2) is 33.3 Å². The van der Waals surface area contributed by atoms with Crippen LogP contribution in [0.1, 0.15) is 91.3 Å². The number of nitrogens with zero attached hydrogens (tertiary/aromatic N) is 5. The van der Waals surface area contributed by atoms with Crippen LogP contribution in [0.4, 0.5) is 10.1 Å². The molecule has 0 radical (unpaired) electrons. The molecule has 0 spiro atoms. The zero-order valence-electron chi connectivity index (χ0n) is 31.3. The fourth-order valence-corrected chi connectivity index (χ4v) is 8.29. The molecule has 2 N–H and O–H groups in total. The number of rotatable bonds is 13. The second kappa shape index (κ2) is 17.0. The molecule has 0 amide bonds. The lowest BCUT2D eigenvalue weighted by atomic mass is 9.84. The van der Waals surface area contributed by atoms with E-state index in [4.69, 9.17) is 0 Å². The number of Topliss-reactive ketones (excluding diaryl/α,β-unsaturated/α-hetero) is 1. The third-order valence-corrected chi connectivity index (χ3v) is 11.3. The maximum Gasteiger partial charge on any atom is 0.251 e. The number of halogens is 1. The zero-order chi connectivity index (χ0) is 36.0. The quantitative estimate of drug-likeness (QED) is 0.233. The van der Waals surface area contributed by atoms with E-state index in [2.05, 4.69) is 74.6 Å². The predicted molar refractivity (Wildman–Crippen MR) is 200 cm³/mol. The van der Waals surface area contributed by atoms with Crippen molar-refractivity contribution >= 4 is 23.6 Å². The average Bonchev–Trinajstić information content (AvgIpc) is 3.33. The van der Waals surface area contributed by atoms with E-state index >= 15 is 0 Å². The molecule has 10 nitrogen and oxygen atoms in total. The Labute approximate surface area is 298 Å². The number of alkyl halides is 1. The summed E-state index contributed by atoms with van der Waals surface area (Å²) < 4.78 is 13.8. The van der Waals surface area contributed by atoms with Crippen molar-refractivity contribution in [1.29, 1.82) is 0 Å². The summed E-state index contributed by atoms with van der Waals surface area (Å²) in [7, 11) is 0. The molecular weight excluding hydrogens is 633 g/mol. The second-order valence-electron chi connectivity index (χ2n) is 16.0. The molecule has 2 saturated heterocycles. The number of hydrogen-bond donors (Lipinski definition) is 2. The monoisotopic (exact) mass is 693 g/mol. The summed E-state index contributed by atoms with van der Waals surface area (Å²) >= 11 is 0. The van der Waals surface area contributed by atoms with Crippen molar-refractivity contribution in [1.82, 2.24) is 25.0 Å². The molecule has 3 aliphatic heterocycles. The van der Waals surface area contributed by atoms with Crippen LogP contribution in [-0.4, -0.2) is 121 Å². The first-order valence-electron chi connectivity index (χ1n) is 18.9. The molecule has 1 aromatic heterocycles. The highest BCUT2D eigenvalue weighted by Crippen LogP contribution is 2.41. The summed E-state index contributed by atoms with van der Waals surface area (Å²) in [5.41, 5.74) is 3.73. The Kier molecular flexibility index (Phi) is 13.1. The number of ketones is 1. The molecule has 1 saturated carbocycles. The number of hydrogen-bond acceptors (Lipinski definition) is 9. The van der Waals surface area contributed by atoms with Gasteiger partial charge in [0, 0.05) is 105 Å². The number of pyridine rings is 1. The lowest BCUT2D eigenvalue weighted by Crippen LogP contribution is -2.62. The molecule has 1 aromatic rings. The average molecular weight is 694 g/mol. The molecule has 5 rings (SSSR count). The minimum atomic E-state index is -0.724. The van der Waals surface area contributed by atoms with Crippen molar-refractivity contribution in [2.45, 2.75) is 116 Å². The van der Waals surface area contributed by atoms with Crippen molar-refractivity contribution in [3.05, 3.63) is 45.1 Å². The van der Waals surface area contributed by atoms with Gasteiger partial charge in [-0.2, -0.15) is 0 Å². The normalized spacial score (nSPS) is 28.2. The molecule has 4 aliphatic rings. The van der Waals surface area contributed by atoms with Crippen LogP contribution in [0.5, 0.6) is 0 Å². The number of nitrogens with one attached hydrogen (secondary N) is 2. The van der Waals surface area contributed by atoms with Crippen LogP contribution in [0.25, 0.3) is 0 Å². The minimum Gasteiger partial charge on any atom is -0.332 e. The van der Waals surface area contributed by atoms with E-state index in [0.717, 1.165) is 81.3 Å². The first-order valence-corrected chi connectivity index (χ1v) is 18.9. The number of piperazine rings is 2. The maximum atomic E-state index is 13.8. The Bertz CT molecular complexity index is 1510. The summed E-state index contributed by atoms with van der Waals surface area (Å²) in [5, 5.41) is 3.68.